The Bertz CT molecular complexity index is 303. The maximum absolute atomic E-state index is 6.48. The second-order valence-corrected chi connectivity index (χ2v) is 20.9. The first-order chi connectivity index (χ1) is 9.33. The molecule has 0 rings (SSSR count). The quantitative estimate of drug-likeness (QED) is 0.294. The van der Waals surface area contributed by atoms with Gasteiger partial charge in [-0.15, -0.1) is 0 Å². The topological polar surface area (TPSA) is 27.7 Å². The lowest BCUT2D eigenvalue weighted by molar-refractivity contribution is 0.152. The van der Waals surface area contributed by atoms with Crippen molar-refractivity contribution < 1.29 is 13.0 Å². The minimum atomic E-state index is -2.05. The van der Waals surface area contributed by atoms with E-state index < -0.39 is 25.2 Å². The molecule has 0 aromatic heterocycles. The van der Waals surface area contributed by atoms with Gasteiger partial charge in [-0.2, -0.15) is 0 Å². The van der Waals surface area contributed by atoms with Gasteiger partial charge in [-0.25, -0.2) is 0 Å². The molecule has 126 valence electrons. The average Bonchev–Trinajstić information content (AvgIpc) is 2.16. The van der Waals surface area contributed by atoms with Crippen molar-refractivity contribution in [1.29, 1.82) is 0 Å². The summed E-state index contributed by atoms with van der Waals surface area (Å²) < 4.78 is 18.5. The van der Waals surface area contributed by atoms with Crippen LogP contribution in [0.25, 0.3) is 0 Å². The Morgan fingerprint density at radius 3 is 1.71 bits per heavy atom. The van der Waals surface area contributed by atoms with Gasteiger partial charge in [0.1, 0.15) is 0 Å². The van der Waals surface area contributed by atoms with E-state index in [1.807, 2.05) is 6.92 Å². The highest BCUT2D eigenvalue weighted by molar-refractivity contribution is 6.87. The normalized spacial score (nSPS) is 13.5. The number of unbranched alkanes of at least 4 members (excludes halogenated alkanes) is 1. The fraction of sp³-hybridized carbons (Fsp3) is 0.867. The minimum Gasteiger partial charge on any atom is -0.437 e. The lowest BCUT2D eigenvalue weighted by atomic mass is 10.3. The summed E-state index contributed by atoms with van der Waals surface area (Å²) in [6.45, 7) is 23.1. The van der Waals surface area contributed by atoms with Gasteiger partial charge < -0.3 is 13.0 Å². The molecule has 21 heavy (non-hydrogen) atoms. The van der Waals surface area contributed by atoms with Crippen molar-refractivity contribution in [3.8, 4) is 0 Å². The molecule has 0 saturated heterocycles. The lowest BCUT2D eigenvalue weighted by Crippen LogP contribution is -2.52. The fourth-order valence-corrected chi connectivity index (χ4v) is 14.9. The summed E-state index contributed by atoms with van der Waals surface area (Å²) in [6.07, 6.45) is 2.19. The van der Waals surface area contributed by atoms with Gasteiger partial charge >= 0.3 is 8.56 Å². The predicted octanol–water partition coefficient (Wildman–Crippen LogP) is 5.13. The Balaban J connectivity index is 4.32. The largest absolute Gasteiger partial charge is 0.437 e. The van der Waals surface area contributed by atoms with Gasteiger partial charge in [-0.05, 0) is 71.6 Å². The molecule has 0 aromatic rings. The molecule has 6 heteroatoms. The van der Waals surface area contributed by atoms with Gasteiger partial charge in [0.15, 0.2) is 16.6 Å². The summed E-state index contributed by atoms with van der Waals surface area (Å²) in [5.74, 6) is 0. The molecular formula is C15H36O3Si3. The van der Waals surface area contributed by atoms with Crippen molar-refractivity contribution in [3.05, 3.63) is 12.2 Å². The molecular weight excluding hydrogens is 312 g/mol. The van der Waals surface area contributed by atoms with E-state index in [0.717, 1.165) is 31.1 Å². The maximum atomic E-state index is 6.48. The standard InChI is InChI=1S/C15H36O3Si3/c1-15(2)14-16-12-10-11-13-21(9,17-19(3,4)5)18-20(6,7)8/h1,10-14H2,2-9H3. The Labute approximate surface area is 135 Å². The second kappa shape index (κ2) is 8.79. The van der Waals surface area contributed by atoms with Crippen LogP contribution in [0.3, 0.4) is 0 Å². The zero-order valence-corrected chi connectivity index (χ0v) is 18.5. The van der Waals surface area contributed by atoms with Crippen LogP contribution in [0.4, 0.5) is 0 Å². The van der Waals surface area contributed by atoms with Gasteiger partial charge in [-0.3, -0.25) is 0 Å². The highest BCUT2D eigenvalue weighted by Crippen LogP contribution is 2.25. The minimum absolute atomic E-state index is 0.672. The summed E-state index contributed by atoms with van der Waals surface area (Å²) in [5, 5.41) is 0. The van der Waals surface area contributed by atoms with Crippen LogP contribution >= 0.6 is 0 Å². The highest BCUT2D eigenvalue weighted by atomic mass is 28.5. The van der Waals surface area contributed by atoms with E-state index in [2.05, 4.69) is 52.4 Å². The third-order valence-electron chi connectivity index (χ3n) is 2.56. The molecule has 0 amide bonds. The third-order valence-corrected chi connectivity index (χ3v) is 12.2. The van der Waals surface area contributed by atoms with E-state index in [1.165, 1.54) is 0 Å². The van der Waals surface area contributed by atoms with Gasteiger partial charge in [0, 0.05) is 6.61 Å². The number of rotatable bonds is 11. The Kier molecular flexibility index (Phi) is 8.90. The molecule has 0 heterocycles. The monoisotopic (exact) mass is 348 g/mol. The van der Waals surface area contributed by atoms with E-state index in [-0.39, 0.29) is 0 Å². The van der Waals surface area contributed by atoms with Crippen LogP contribution in [0.1, 0.15) is 19.8 Å². The van der Waals surface area contributed by atoms with Crippen molar-refractivity contribution in [2.45, 2.75) is 71.6 Å². The van der Waals surface area contributed by atoms with E-state index in [4.69, 9.17) is 13.0 Å². The first kappa shape index (κ1) is 21.3. The number of hydrogen-bond donors (Lipinski definition) is 0. The Morgan fingerprint density at radius 1 is 0.857 bits per heavy atom. The van der Waals surface area contributed by atoms with Crippen LogP contribution in [-0.4, -0.2) is 38.4 Å². The average molecular weight is 349 g/mol. The van der Waals surface area contributed by atoms with Crippen LogP contribution in [0.5, 0.6) is 0 Å². The SMILES string of the molecule is C=C(C)COCCCC[Si](C)(O[Si](C)(C)C)O[Si](C)(C)C. The van der Waals surface area contributed by atoms with E-state index in [9.17, 15) is 0 Å². The molecule has 0 aliphatic heterocycles. The second-order valence-electron chi connectivity index (χ2n) is 8.03. The molecule has 0 aliphatic carbocycles. The number of hydrogen-bond acceptors (Lipinski definition) is 3. The first-order valence-corrected chi connectivity index (χ1v) is 17.3. The summed E-state index contributed by atoms with van der Waals surface area (Å²) >= 11 is 0. The van der Waals surface area contributed by atoms with Crippen LogP contribution in [0, 0.1) is 0 Å². The first-order valence-electron chi connectivity index (χ1n) is 7.95. The third kappa shape index (κ3) is 13.6. The molecule has 0 radical (unpaired) electrons. The molecule has 0 aromatic carbocycles. The summed E-state index contributed by atoms with van der Waals surface area (Å²) in [6, 6.07) is 1.07. The molecule has 0 bridgehead atoms. The van der Waals surface area contributed by atoms with E-state index in [1.54, 1.807) is 0 Å². The lowest BCUT2D eigenvalue weighted by Gasteiger charge is -2.38. The van der Waals surface area contributed by atoms with Crippen molar-refractivity contribution >= 4 is 25.2 Å². The molecule has 0 spiro atoms. The van der Waals surface area contributed by atoms with Gasteiger partial charge in [0.25, 0.3) is 0 Å². The van der Waals surface area contributed by atoms with E-state index >= 15 is 0 Å². The van der Waals surface area contributed by atoms with Gasteiger partial charge in [-0.1, -0.05) is 12.2 Å². The Morgan fingerprint density at radius 2 is 1.33 bits per heavy atom. The maximum Gasteiger partial charge on any atom is 0.314 e. The van der Waals surface area contributed by atoms with Crippen LogP contribution < -0.4 is 0 Å². The van der Waals surface area contributed by atoms with Crippen LogP contribution in [-0.2, 0) is 13.0 Å². The van der Waals surface area contributed by atoms with Crippen molar-refractivity contribution in [2.24, 2.45) is 0 Å². The molecule has 0 aliphatic rings. The summed E-state index contributed by atoms with van der Waals surface area (Å²) in [4.78, 5) is 0. The smallest absolute Gasteiger partial charge is 0.314 e. The predicted molar refractivity (Wildman–Crippen MR) is 100 cm³/mol. The Hall–Kier alpha value is 0.271. The molecule has 0 saturated carbocycles. The van der Waals surface area contributed by atoms with Gasteiger partial charge in [0.2, 0.25) is 0 Å². The van der Waals surface area contributed by atoms with Crippen LogP contribution in [0.2, 0.25) is 51.9 Å². The molecule has 0 unspecified atom stereocenters. The molecule has 0 N–H and O–H groups in total. The number of ether oxygens (including phenoxy) is 1. The summed E-state index contributed by atoms with van der Waals surface area (Å²) in [5.41, 5.74) is 1.08. The fourth-order valence-electron chi connectivity index (χ4n) is 2.31. The molecule has 0 atom stereocenters. The highest BCUT2D eigenvalue weighted by Gasteiger charge is 2.39. The molecule has 3 nitrogen and oxygen atoms in total. The summed E-state index contributed by atoms with van der Waals surface area (Å²) in [7, 11) is -5.19. The van der Waals surface area contributed by atoms with Crippen molar-refractivity contribution in [3.63, 3.8) is 0 Å². The van der Waals surface area contributed by atoms with E-state index in [0.29, 0.717) is 6.61 Å². The van der Waals surface area contributed by atoms with Crippen molar-refractivity contribution in [2.75, 3.05) is 13.2 Å². The zero-order valence-electron chi connectivity index (χ0n) is 15.5. The van der Waals surface area contributed by atoms with Gasteiger partial charge in [0.05, 0.1) is 6.61 Å². The molecule has 0 fully saturated rings. The zero-order chi connectivity index (χ0) is 16.7. The van der Waals surface area contributed by atoms with Crippen LogP contribution in [0.15, 0.2) is 12.2 Å². The van der Waals surface area contributed by atoms with Crippen molar-refractivity contribution in [1.82, 2.24) is 0 Å².